The minimum atomic E-state index is -0.133. The summed E-state index contributed by atoms with van der Waals surface area (Å²) >= 11 is 13.7. The van der Waals surface area contributed by atoms with Crippen LogP contribution in [0.3, 0.4) is 0 Å². The molecule has 0 saturated heterocycles. The van der Waals surface area contributed by atoms with Gasteiger partial charge in [-0.25, -0.2) is 4.99 Å². The maximum absolute atomic E-state index is 6.45. The quantitative estimate of drug-likeness (QED) is 0.293. The number of aromatic nitrogens is 2. The number of rotatable bonds is 7. The van der Waals surface area contributed by atoms with E-state index >= 15 is 0 Å². The van der Waals surface area contributed by atoms with Crippen molar-refractivity contribution in [2.75, 3.05) is 13.6 Å². The predicted octanol–water partition coefficient (Wildman–Crippen LogP) is 6.64. The summed E-state index contributed by atoms with van der Waals surface area (Å²) < 4.78 is 10.6. The molecule has 1 aromatic heterocycles. The maximum Gasteiger partial charge on any atom is 0.298 e. The Hall–Kier alpha value is -2.15. The van der Waals surface area contributed by atoms with Gasteiger partial charge in [0.05, 0.1) is 22.5 Å². The molecule has 8 heteroatoms. The predicted molar refractivity (Wildman–Crippen MR) is 124 cm³/mol. The Kier molecular flexibility index (Phi) is 6.00. The van der Waals surface area contributed by atoms with E-state index < -0.39 is 0 Å². The molecule has 1 fully saturated rings. The van der Waals surface area contributed by atoms with E-state index in [0.29, 0.717) is 16.0 Å². The van der Waals surface area contributed by atoms with Gasteiger partial charge in [0.1, 0.15) is 5.75 Å². The highest BCUT2D eigenvalue weighted by atomic mass is 35.5. The SMILES string of the molecule is CCN(C)C=Nc1cc(Cl)c(Oc2nc(C3(c4ccc(Cl)cc4)CC3)ns2)cc1C. The van der Waals surface area contributed by atoms with E-state index in [-0.39, 0.29) is 5.41 Å². The van der Waals surface area contributed by atoms with Crippen LogP contribution in [-0.4, -0.2) is 34.2 Å². The van der Waals surface area contributed by atoms with Gasteiger partial charge in [-0.15, -0.1) is 0 Å². The van der Waals surface area contributed by atoms with Gasteiger partial charge >= 0.3 is 0 Å². The largest absolute Gasteiger partial charge is 0.428 e. The van der Waals surface area contributed by atoms with Crippen LogP contribution in [0.1, 0.15) is 36.7 Å². The van der Waals surface area contributed by atoms with Crippen molar-refractivity contribution in [3.8, 4) is 10.9 Å². The number of aryl methyl sites for hydroxylation is 1. The van der Waals surface area contributed by atoms with Crippen LogP contribution in [0.15, 0.2) is 41.4 Å². The Labute approximate surface area is 190 Å². The first kappa shape index (κ1) is 21.1. The fourth-order valence-electron chi connectivity index (χ4n) is 3.18. The zero-order valence-electron chi connectivity index (χ0n) is 17.0. The van der Waals surface area contributed by atoms with Gasteiger partial charge in [-0.05, 0) is 62.1 Å². The van der Waals surface area contributed by atoms with Gasteiger partial charge in [-0.1, -0.05) is 35.3 Å². The summed E-state index contributed by atoms with van der Waals surface area (Å²) in [6.07, 6.45) is 3.83. The summed E-state index contributed by atoms with van der Waals surface area (Å²) in [7, 11) is 1.97. The second kappa shape index (κ2) is 8.53. The molecule has 0 spiro atoms. The molecular weight excluding hydrogens is 439 g/mol. The molecule has 5 nitrogen and oxygen atoms in total. The highest BCUT2D eigenvalue weighted by molar-refractivity contribution is 7.07. The number of nitrogens with zero attached hydrogens (tertiary/aromatic N) is 4. The molecule has 0 unspecified atom stereocenters. The van der Waals surface area contributed by atoms with Crippen molar-refractivity contribution in [3.05, 3.63) is 63.4 Å². The first-order chi connectivity index (χ1) is 14.4. The number of ether oxygens (including phenoxy) is 1. The summed E-state index contributed by atoms with van der Waals surface area (Å²) in [5.74, 6) is 1.34. The van der Waals surface area contributed by atoms with E-state index in [9.17, 15) is 0 Å². The zero-order chi connectivity index (χ0) is 21.3. The number of aliphatic imine (C=N–C) groups is 1. The van der Waals surface area contributed by atoms with Gasteiger partial charge in [0.2, 0.25) is 0 Å². The number of halogens is 2. The lowest BCUT2D eigenvalue weighted by Gasteiger charge is -2.12. The van der Waals surface area contributed by atoms with Gasteiger partial charge in [0.25, 0.3) is 5.19 Å². The van der Waals surface area contributed by atoms with Crippen LogP contribution >= 0.6 is 34.7 Å². The van der Waals surface area contributed by atoms with E-state index in [1.165, 1.54) is 17.1 Å². The lowest BCUT2D eigenvalue weighted by atomic mass is 9.95. The average Bonchev–Trinajstić information content (AvgIpc) is 3.41. The molecule has 1 heterocycles. The van der Waals surface area contributed by atoms with Gasteiger partial charge in [-0.2, -0.15) is 9.36 Å². The molecular formula is C22H22Cl2N4OS. The van der Waals surface area contributed by atoms with E-state index in [2.05, 4.69) is 21.3 Å². The van der Waals surface area contributed by atoms with Crippen molar-refractivity contribution < 1.29 is 4.74 Å². The third kappa shape index (κ3) is 4.31. The topological polar surface area (TPSA) is 50.6 Å². The molecule has 4 rings (SSSR count). The minimum Gasteiger partial charge on any atom is -0.428 e. The fraction of sp³-hybridized carbons (Fsp3) is 0.318. The number of hydrogen-bond donors (Lipinski definition) is 0. The van der Waals surface area contributed by atoms with Crippen molar-refractivity contribution in [3.63, 3.8) is 0 Å². The van der Waals surface area contributed by atoms with Crippen molar-refractivity contribution >= 4 is 46.8 Å². The third-order valence-corrected chi connectivity index (χ3v) is 6.47. The zero-order valence-corrected chi connectivity index (χ0v) is 19.4. The molecule has 1 saturated carbocycles. The molecule has 1 aliphatic rings. The smallest absolute Gasteiger partial charge is 0.298 e. The fourth-order valence-corrected chi connectivity index (χ4v) is 4.14. The number of benzene rings is 2. The summed E-state index contributed by atoms with van der Waals surface area (Å²) in [4.78, 5) is 11.2. The van der Waals surface area contributed by atoms with Crippen molar-refractivity contribution in [2.24, 2.45) is 4.99 Å². The first-order valence-electron chi connectivity index (χ1n) is 9.74. The van der Waals surface area contributed by atoms with Gasteiger partial charge in [0, 0.05) is 30.1 Å². The normalized spacial score (nSPS) is 14.8. The molecule has 2 aromatic carbocycles. The second-order valence-corrected chi connectivity index (χ2v) is 9.02. The molecule has 0 atom stereocenters. The van der Waals surface area contributed by atoms with Crippen LogP contribution < -0.4 is 4.74 Å². The van der Waals surface area contributed by atoms with Crippen molar-refractivity contribution in [1.82, 2.24) is 14.3 Å². The highest BCUT2D eigenvalue weighted by Crippen LogP contribution is 2.53. The Morgan fingerprint density at radius 1 is 1.23 bits per heavy atom. The molecule has 30 heavy (non-hydrogen) atoms. The van der Waals surface area contributed by atoms with Crippen LogP contribution in [0.2, 0.25) is 10.0 Å². The van der Waals surface area contributed by atoms with Gasteiger partial charge in [0.15, 0.2) is 5.82 Å². The Morgan fingerprint density at radius 3 is 2.63 bits per heavy atom. The molecule has 0 N–H and O–H groups in total. The minimum absolute atomic E-state index is 0.133. The van der Waals surface area contributed by atoms with Crippen molar-refractivity contribution in [2.45, 2.75) is 32.1 Å². The standard InChI is InChI=1S/C22H22Cl2N4OS/c1-4-28(3)13-25-18-12-17(24)19(11-14(18)2)29-21-26-20(27-30-21)22(9-10-22)15-5-7-16(23)8-6-15/h5-8,11-13H,4,9-10H2,1-3H3. The van der Waals surface area contributed by atoms with Crippen LogP contribution in [0.4, 0.5) is 5.69 Å². The molecule has 0 radical (unpaired) electrons. The molecule has 156 valence electrons. The van der Waals surface area contributed by atoms with Crippen LogP contribution in [0, 0.1) is 6.92 Å². The number of hydrogen-bond acceptors (Lipinski definition) is 5. The lowest BCUT2D eigenvalue weighted by molar-refractivity contribution is 0.475. The van der Waals surface area contributed by atoms with E-state index in [1.807, 2.05) is 55.3 Å². The Bertz CT molecular complexity index is 1080. The molecule has 0 bridgehead atoms. The monoisotopic (exact) mass is 460 g/mol. The second-order valence-electron chi connectivity index (χ2n) is 7.46. The molecule has 3 aromatic rings. The molecule has 1 aliphatic carbocycles. The Morgan fingerprint density at radius 2 is 1.97 bits per heavy atom. The van der Waals surface area contributed by atoms with Gasteiger partial charge in [-0.3, -0.25) is 0 Å². The maximum atomic E-state index is 6.45. The lowest BCUT2D eigenvalue weighted by Crippen LogP contribution is -2.14. The molecule has 0 amide bonds. The summed E-state index contributed by atoms with van der Waals surface area (Å²) in [6, 6.07) is 11.6. The van der Waals surface area contributed by atoms with E-state index in [4.69, 9.17) is 27.9 Å². The average molecular weight is 461 g/mol. The van der Waals surface area contributed by atoms with Crippen LogP contribution in [-0.2, 0) is 5.41 Å². The third-order valence-electron chi connectivity index (χ3n) is 5.32. The summed E-state index contributed by atoms with van der Waals surface area (Å²) in [5.41, 5.74) is 2.83. The summed E-state index contributed by atoms with van der Waals surface area (Å²) in [5, 5.41) is 1.69. The molecule has 0 aliphatic heterocycles. The Balaban J connectivity index is 1.53. The van der Waals surface area contributed by atoms with E-state index in [0.717, 1.165) is 41.5 Å². The van der Waals surface area contributed by atoms with Gasteiger partial charge < -0.3 is 9.64 Å². The van der Waals surface area contributed by atoms with Crippen LogP contribution in [0.25, 0.3) is 0 Å². The van der Waals surface area contributed by atoms with E-state index in [1.54, 1.807) is 6.34 Å². The summed E-state index contributed by atoms with van der Waals surface area (Å²) in [6.45, 7) is 4.93. The first-order valence-corrected chi connectivity index (χ1v) is 11.3. The van der Waals surface area contributed by atoms with Crippen LogP contribution in [0.5, 0.6) is 10.9 Å². The van der Waals surface area contributed by atoms with Crippen molar-refractivity contribution in [1.29, 1.82) is 0 Å². The highest BCUT2D eigenvalue weighted by Gasteiger charge is 2.49.